The van der Waals surface area contributed by atoms with Gasteiger partial charge in [0.15, 0.2) is 0 Å². The van der Waals surface area contributed by atoms with E-state index in [4.69, 9.17) is 11.6 Å². The van der Waals surface area contributed by atoms with Crippen molar-refractivity contribution in [1.82, 2.24) is 20.0 Å². The van der Waals surface area contributed by atoms with Crippen LogP contribution in [0.2, 0.25) is 0 Å². The molecule has 0 spiro atoms. The second kappa shape index (κ2) is 15.0. The smallest absolute Gasteiger partial charge is 0.244 e. The maximum Gasteiger partial charge on any atom is 0.244 e. The number of hydrogen-bond donors (Lipinski definition) is 2. The number of fused-ring (bicyclic) bond motifs is 1. The highest BCUT2D eigenvalue weighted by Gasteiger charge is 2.62. The average molecular weight is 727 g/mol. The summed E-state index contributed by atoms with van der Waals surface area (Å²) in [5.41, 5.74) is -0.210. The molecule has 4 bridgehead atoms. The van der Waals surface area contributed by atoms with Gasteiger partial charge in [-0.1, -0.05) is 44.9 Å². The number of hydrogen-bond acceptors (Lipinski definition) is 5. The Balaban J connectivity index is 0.984. The van der Waals surface area contributed by atoms with Crippen molar-refractivity contribution in [3.05, 3.63) is 0 Å². The van der Waals surface area contributed by atoms with Gasteiger partial charge in [-0.05, 0) is 137 Å². The Morgan fingerprint density at radius 3 is 2.31 bits per heavy atom. The molecule has 51 heavy (non-hydrogen) atoms. The van der Waals surface area contributed by atoms with Crippen LogP contribution in [0, 0.1) is 46.3 Å². The summed E-state index contributed by atoms with van der Waals surface area (Å²) in [5.74, 6) is 3.27. The third-order valence-electron chi connectivity index (χ3n) is 15.8. The highest BCUT2D eigenvalue weighted by molar-refractivity contribution is 6.20. The first-order valence-electron chi connectivity index (χ1n) is 21.5. The molecule has 2 N–H and O–H groups in total. The van der Waals surface area contributed by atoms with E-state index in [0.29, 0.717) is 30.7 Å². The zero-order valence-corrected chi connectivity index (χ0v) is 32.3. The molecule has 8 nitrogen and oxygen atoms in total. The number of nitrogens with zero attached hydrogens (tertiary/aromatic N) is 3. The average Bonchev–Trinajstić information content (AvgIpc) is 3.76. The summed E-state index contributed by atoms with van der Waals surface area (Å²) in [4.78, 5) is 50.0. The van der Waals surface area contributed by atoms with E-state index in [2.05, 4.69) is 10.2 Å². The predicted molar refractivity (Wildman–Crippen MR) is 200 cm³/mol. The van der Waals surface area contributed by atoms with E-state index in [9.17, 15) is 19.5 Å². The Labute approximate surface area is 312 Å². The third-order valence-corrected chi connectivity index (χ3v) is 16.3. The summed E-state index contributed by atoms with van der Waals surface area (Å²) in [6, 6.07) is -1.35. The molecule has 3 amide bonds. The van der Waals surface area contributed by atoms with E-state index in [-0.39, 0.29) is 47.4 Å². The van der Waals surface area contributed by atoms with Gasteiger partial charge in [0.2, 0.25) is 17.7 Å². The highest BCUT2D eigenvalue weighted by Crippen LogP contribution is 2.66. The number of rotatable bonds is 10. The van der Waals surface area contributed by atoms with Crippen LogP contribution in [0.4, 0.5) is 0 Å². The van der Waals surface area contributed by atoms with Gasteiger partial charge in [0.1, 0.15) is 12.1 Å². The van der Waals surface area contributed by atoms with Crippen LogP contribution in [0.5, 0.6) is 0 Å². The second-order valence-electron chi connectivity index (χ2n) is 19.6. The van der Waals surface area contributed by atoms with Gasteiger partial charge >= 0.3 is 0 Å². The topological polar surface area (TPSA) is 93.2 Å². The van der Waals surface area contributed by atoms with Crippen molar-refractivity contribution in [3.8, 4) is 0 Å². The first-order valence-corrected chi connectivity index (χ1v) is 21.9. The van der Waals surface area contributed by atoms with Crippen molar-refractivity contribution in [2.24, 2.45) is 46.3 Å². The summed E-state index contributed by atoms with van der Waals surface area (Å²) in [6.07, 6.45) is 22.4. The fourth-order valence-electron chi connectivity index (χ4n) is 14.0. The molecule has 7 saturated carbocycles. The normalized spacial score (nSPS) is 42.8. The number of likely N-dealkylation sites (N-methyl/N-ethyl adjacent to an activating group) is 1. The van der Waals surface area contributed by atoms with Gasteiger partial charge in [0, 0.05) is 38.5 Å². The Hall–Kier alpha value is -1.38. The lowest BCUT2D eigenvalue weighted by atomic mass is 9.43. The molecule has 2 aliphatic heterocycles. The van der Waals surface area contributed by atoms with Gasteiger partial charge < -0.3 is 25.1 Å². The summed E-state index contributed by atoms with van der Waals surface area (Å²) < 4.78 is 0. The molecule has 9 aliphatic rings. The molecule has 9 rings (SSSR count). The Kier molecular flexibility index (Phi) is 10.8. The molecule has 0 aromatic heterocycles. The first kappa shape index (κ1) is 36.6. The third kappa shape index (κ3) is 7.64. The number of amides is 3. The van der Waals surface area contributed by atoms with Crippen molar-refractivity contribution in [1.29, 1.82) is 0 Å². The van der Waals surface area contributed by atoms with Crippen molar-refractivity contribution in [2.45, 2.75) is 158 Å². The van der Waals surface area contributed by atoms with Crippen LogP contribution >= 0.6 is 11.6 Å². The molecule has 2 saturated heterocycles. The zero-order valence-electron chi connectivity index (χ0n) is 31.5. The van der Waals surface area contributed by atoms with Crippen LogP contribution in [0.25, 0.3) is 0 Å². The largest absolute Gasteiger partial charge is 0.391 e. The number of aliphatic hydroxyl groups is 1. The van der Waals surface area contributed by atoms with Crippen molar-refractivity contribution < 1.29 is 19.5 Å². The number of β-amino-alcohol motifs (C(OH)–C–C–N with tert-alkyl or cyclic N) is 1. The molecule has 9 unspecified atom stereocenters. The Bertz CT molecular complexity index is 1280. The molecular weight excluding hydrogens is 660 g/mol. The summed E-state index contributed by atoms with van der Waals surface area (Å²) in [5, 5.41) is 14.4. The summed E-state index contributed by atoms with van der Waals surface area (Å²) in [7, 11) is 1.89. The van der Waals surface area contributed by atoms with E-state index in [0.717, 1.165) is 76.2 Å². The van der Waals surface area contributed by atoms with E-state index in [1.807, 2.05) is 11.9 Å². The molecule has 0 aromatic carbocycles. The van der Waals surface area contributed by atoms with Gasteiger partial charge in [-0.15, -0.1) is 11.6 Å². The van der Waals surface area contributed by atoms with Crippen LogP contribution in [-0.2, 0) is 14.4 Å². The van der Waals surface area contributed by atoms with Crippen LogP contribution < -0.4 is 5.32 Å². The van der Waals surface area contributed by atoms with Gasteiger partial charge in [-0.25, -0.2) is 0 Å². The van der Waals surface area contributed by atoms with Gasteiger partial charge in [0.25, 0.3) is 0 Å². The number of carbonyl (C=O) groups is 3. The zero-order chi connectivity index (χ0) is 35.3. The predicted octanol–water partition coefficient (Wildman–Crippen LogP) is 6.37. The summed E-state index contributed by atoms with van der Waals surface area (Å²) in [6.45, 7) is 4.32. The molecule has 7 aliphatic carbocycles. The lowest BCUT2D eigenvalue weighted by Gasteiger charge is -2.62. The number of likely N-dealkylation sites (tertiary alicyclic amines) is 2. The van der Waals surface area contributed by atoms with Crippen molar-refractivity contribution in [2.75, 3.05) is 39.8 Å². The van der Waals surface area contributed by atoms with E-state index in [1.165, 1.54) is 77.3 Å². The van der Waals surface area contributed by atoms with E-state index in [1.54, 1.807) is 4.90 Å². The second-order valence-corrected chi connectivity index (χ2v) is 20.2. The monoisotopic (exact) mass is 726 g/mol. The maximum atomic E-state index is 14.9. The van der Waals surface area contributed by atoms with Gasteiger partial charge in [-0.3, -0.25) is 14.4 Å². The van der Waals surface area contributed by atoms with Crippen LogP contribution in [0.15, 0.2) is 0 Å². The molecule has 0 radical (unpaired) electrons. The molecule has 286 valence electrons. The number of alkyl halides is 1. The standard InChI is InChI=1S/C42H67ClN4O4/c1-45(24-33-10-4-5-11-35(33)43)39(50)36(18-28-12-13-31-8-2-3-9-32(31)17-28)44-38(49)37-19-34(48)25-47(37)40(51)42-22-29-16-30(23-42)21-41(20-29,26-42)27-46-14-6-7-15-46/h28-37,48H,2-27H2,1H3,(H,44,49)/t28?,29?,30?,31?,32?,33?,34-,35?,36?,37?,41?,42?/m1/s1. The molecule has 10 atom stereocenters. The molecular formula is C42H67ClN4O4. The quantitative estimate of drug-likeness (QED) is 0.256. The molecule has 9 heteroatoms. The van der Waals surface area contributed by atoms with E-state index >= 15 is 0 Å². The lowest BCUT2D eigenvalue weighted by molar-refractivity contribution is -0.172. The minimum atomic E-state index is -0.727. The Morgan fingerprint density at radius 2 is 1.57 bits per heavy atom. The fraction of sp³-hybridized carbons (Fsp3) is 0.929. The molecule has 0 aromatic rings. The van der Waals surface area contributed by atoms with Crippen molar-refractivity contribution in [3.63, 3.8) is 0 Å². The summed E-state index contributed by atoms with van der Waals surface area (Å²) >= 11 is 6.75. The lowest BCUT2D eigenvalue weighted by Crippen LogP contribution is -2.62. The van der Waals surface area contributed by atoms with Crippen LogP contribution in [0.1, 0.15) is 135 Å². The fourth-order valence-corrected chi connectivity index (χ4v) is 14.3. The van der Waals surface area contributed by atoms with E-state index < -0.39 is 23.6 Å². The number of halogens is 1. The number of nitrogens with one attached hydrogen (secondary N) is 1. The SMILES string of the molecule is CN(CC1CCCCC1Cl)C(=O)C(CC1CCC2CCCCC2C1)NC(=O)C1C[C@@H](O)CN1C(=O)C12CC3CC(CC(CN4CCCC4)(C3)C1)C2. The van der Waals surface area contributed by atoms with Crippen LogP contribution in [0.3, 0.4) is 0 Å². The molecule has 2 heterocycles. The van der Waals surface area contributed by atoms with Crippen LogP contribution in [-0.4, -0.2) is 101 Å². The minimum absolute atomic E-state index is 0.0232. The van der Waals surface area contributed by atoms with Gasteiger partial charge in [0.05, 0.1) is 11.5 Å². The Morgan fingerprint density at radius 1 is 0.863 bits per heavy atom. The highest BCUT2D eigenvalue weighted by atomic mass is 35.5. The van der Waals surface area contributed by atoms with Gasteiger partial charge in [-0.2, -0.15) is 0 Å². The first-order chi connectivity index (χ1) is 24.6. The minimum Gasteiger partial charge on any atom is -0.391 e. The number of carbonyl (C=O) groups excluding carboxylic acids is 3. The molecule has 9 fully saturated rings. The number of aliphatic hydroxyl groups excluding tert-OH is 1. The maximum absolute atomic E-state index is 14.9. The van der Waals surface area contributed by atoms with Crippen molar-refractivity contribution >= 4 is 29.3 Å².